The Morgan fingerprint density at radius 1 is 1.13 bits per heavy atom. The van der Waals surface area contributed by atoms with Gasteiger partial charge >= 0.3 is 0 Å². The van der Waals surface area contributed by atoms with Gasteiger partial charge < -0.3 is 5.73 Å². The maximum Gasteiger partial charge on any atom is 0.0410 e. The molecule has 0 atom stereocenters. The smallest absolute Gasteiger partial charge is 0.0410 e. The maximum absolute atomic E-state index is 6.37. The molecule has 0 unspecified atom stereocenters. The Morgan fingerprint density at radius 2 is 1.93 bits per heavy atom. The lowest BCUT2D eigenvalue weighted by Crippen LogP contribution is -2.43. The third-order valence-corrected chi connectivity index (χ3v) is 4.69. The summed E-state index contributed by atoms with van der Waals surface area (Å²) in [5.41, 5.74) is 10.7. The minimum Gasteiger partial charge on any atom is -0.321 e. The number of benzene rings is 1. The molecule has 1 nitrogen and oxygen atoms in total. The summed E-state index contributed by atoms with van der Waals surface area (Å²) in [4.78, 5) is 0. The van der Waals surface area contributed by atoms with Gasteiger partial charge in [0, 0.05) is 10.0 Å². The van der Waals surface area contributed by atoms with Crippen molar-refractivity contribution >= 4 is 15.9 Å². The number of halogens is 1. The summed E-state index contributed by atoms with van der Waals surface area (Å²) in [6.07, 6.45) is 7.35. The molecule has 0 bridgehead atoms. The van der Waals surface area contributed by atoms with Gasteiger partial charge in [0.1, 0.15) is 0 Å². The molecule has 0 aliphatic heterocycles. The fourth-order valence-electron chi connectivity index (χ4n) is 2.79. The molecule has 0 amide bonds. The van der Waals surface area contributed by atoms with Gasteiger partial charge in [-0.3, -0.25) is 0 Å². The number of hydrogen-bond acceptors (Lipinski definition) is 1. The molecule has 2 aliphatic carbocycles. The van der Waals surface area contributed by atoms with E-state index in [-0.39, 0.29) is 5.54 Å². The van der Waals surface area contributed by atoms with Crippen LogP contribution in [0.5, 0.6) is 0 Å². The molecule has 0 spiro atoms. The Balaban J connectivity index is 2.07. The number of nitrogens with two attached hydrogens (primary N) is 1. The summed E-state index contributed by atoms with van der Waals surface area (Å²) in [5.74, 6) is 0. The zero-order valence-electron chi connectivity index (χ0n) is 8.85. The van der Waals surface area contributed by atoms with Gasteiger partial charge in [-0.25, -0.2) is 0 Å². The summed E-state index contributed by atoms with van der Waals surface area (Å²) >= 11 is 3.69. The Hall–Kier alpha value is -0.340. The molecule has 0 saturated heterocycles. The zero-order chi connectivity index (χ0) is 10.5. The lowest BCUT2D eigenvalue weighted by Gasteiger charge is -2.39. The van der Waals surface area contributed by atoms with Crippen molar-refractivity contribution in [3.8, 4) is 0 Å². The third kappa shape index (κ3) is 1.46. The Bertz CT molecular complexity index is 407. The molecule has 0 aromatic heterocycles. The van der Waals surface area contributed by atoms with Crippen LogP contribution in [0.2, 0.25) is 0 Å². The zero-order valence-corrected chi connectivity index (χ0v) is 10.4. The highest BCUT2D eigenvalue weighted by molar-refractivity contribution is 9.10. The molecule has 2 N–H and O–H groups in total. The fourth-order valence-corrected chi connectivity index (χ4v) is 3.49. The van der Waals surface area contributed by atoms with E-state index in [1.54, 1.807) is 0 Å². The first kappa shape index (κ1) is 9.86. The number of fused-ring (bicyclic) bond motifs is 1. The highest BCUT2D eigenvalue weighted by Gasteiger charge is 2.35. The second kappa shape index (κ2) is 3.33. The minimum absolute atomic E-state index is 0.0137. The topological polar surface area (TPSA) is 26.0 Å². The number of aryl methyl sites for hydroxylation is 1. The van der Waals surface area contributed by atoms with Crippen LogP contribution in [-0.2, 0) is 18.4 Å². The normalized spacial score (nSPS) is 22.3. The molecule has 80 valence electrons. The molecular formula is C13H16BrN. The van der Waals surface area contributed by atoms with E-state index in [1.165, 1.54) is 46.8 Å². The number of hydrogen-bond donors (Lipinski definition) is 1. The second-order valence-corrected chi connectivity index (χ2v) is 5.81. The average molecular weight is 266 g/mol. The first-order chi connectivity index (χ1) is 7.19. The van der Waals surface area contributed by atoms with Crippen LogP contribution in [0.1, 0.15) is 42.4 Å². The summed E-state index contributed by atoms with van der Waals surface area (Å²) in [6, 6.07) is 4.61. The van der Waals surface area contributed by atoms with Crippen molar-refractivity contribution in [2.24, 2.45) is 5.73 Å². The van der Waals surface area contributed by atoms with Gasteiger partial charge in [-0.2, -0.15) is 0 Å². The number of rotatable bonds is 1. The lowest BCUT2D eigenvalue weighted by atomic mass is 9.72. The summed E-state index contributed by atoms with van der Waals surface area (Å²) in [6.45, 7) is 0. The van der Waals surface area contributed by atoms with Gasteiger partial charge in [0.05, 0.1) is 0 Å². The van der Waals surface area contributed by atoms with Gasteiger partial charge in [-0.1, -0.05) is 22.0 Å². The van der Waals surface area contributed by atoms with E-state index < -0.39 is 0 Å². The van der Waals surface area contributed by atoms with Gasteiger partial charge in [0.2, 0.25) is 0 Å². The summed E-state index contributed by atoms with van der Waals surface area (Å²) in [7, 11) is 0. The van der Waals surface area contributed by atoms with Crippen LogP contribution < -0.4 is 5.73 Å². The highest BCUT2D eigenvalue weighted by atomic mass is 79.9. The van der Waals surface area contributed by atoms with Gasteiger partial charge in [-0.05, 0) is 61.3 Å². The predicted octanol–water partition coefficient (Wildman–Crippen LogP) is 3.28. The van der Waals surface area contributed by atoms with E-state index in [9.17, 15) is 0 Å². The molecule has 2 heteroatoms. The van der Waals surface area contributed by atoms with Crippen LogP contribution >= 0.6 is 15.9 Å². The molecule has 2 aliphatic rings. The predicted molar refractivity (Wildman–Crippen MR) is 65.9 cm³/mol. The van der Waals surface area contributed by atoms with E-state index in [4.69, 9.17) is 5.73 Å². The SMILES string of the molecule is NC1(c2cc(Br)c3c(c2)CCC3)CCC1. The fraction of sp³-hybridized carbons (Fsp3) is 0.538. The molecule has 1 saturated carbocycles. The largest absolute Gasteiger partial charge is 0.321 e. The van der Waals surface area contributed by atoms with Gasteiger partial charge in [0.25, 0.3) is 0 Å². The van der Waals surface area contributed by atoms with E-state index in [0.717, 1.165) is 12.8 Å². The van der Waals surface area contributed by atoms with Crippen molar-refractivity contribution < 1.29 is 0 Å². The van der Waals surface area contributed by atoms with Crippen molar-refractivity contribution in [2.75, 3.05) is 0 Å². The molecule has 1 aromatic rings. The molecular weight excluding hydrogens is 250 g/mol. The maximum atomic E-state index is 6.37. The first-order valence-corrected chi connectivity index (χ1v) is 6.59. The van der Waals surface area contributed by atoms with Crippen molar-refractivity contribution in [1.82, 2.24) is 0 Å². The van der Waals surface area contributed by atoms with Crippen LogP contribution in [0.3, 0.4) is 0 Å². The monoisotopic (exact) mass is 265 g/mol. The summed E-state index contributed by atoms with van der Waals surface area (Å²) < 4.78 is 1.28. The third-order valence-electron chi connectivity index (χ3n) is 3.98. The molecule has 0 heterocycles. The highest BCUT2D eigenvalue weighted by Crippen LogP contribution is 2.42. The molecule has 1 fully saturated rings. The van der Waals surface area contributed by atoms with Crippen LogP contribution in [0.25, 0.3) is 0 Å². The quantitative estimate of drug-likeness (QED) is 0.829. The van der Waals surface area contributed by atoms with Crippen LogP contribution in [0.4, 0.5) is 0 Å². The van der Waals surface area contributed by atoms with Crippen LogP contribution in [-0.4, -0.2) is 0 Å². The van der Waals surface area contributed by atoms with Crippen molar-refractivity contribution in [3.63, 3.8) is 0 Å². The standard InChI is InChI=1S/C13H16BrN/c14-12-8-10(13(15)5-2-6-13)7-9-3-1-4-11(9)12/h7-8H,1-6,15H2. The Labute approximate surface area is 99.2 Å². The van der Waals surface area contributed by atoms with Crippen molar-refractivity contribution in [3.05, 3.63) is 33.3 Å². The van der Waals surface area contributed by atoms with E-state index >= 15 is 0 Å². The second-order valence-electron chi connectivity index (χ2n) is 4.96. The molecule has 15 heavy (non-hydrogen) atoms. The first-order valence-electron chi connectivity index (χ1n) is 5.80. The van der Waals surface area contributed by atoms with E-state index in [1.807, 2.05) is 0 Å². The lowest BCUT2D eigenvalue weighted by molar-refractivity contribution is 0.253. The Morgan fingerprint density at radius 3 is 2.60 bits per heavy atom. The average Bonchev–Trinajstić information content (AvgIpc) is 2.62. The molecule has 1 aromatic carbocycles. The van der Waals surface area contributed by atoms with E-state index in [2.05, 4.69) is 28.1 Å². The van der Waals surface area contributed by atoms with Crippen molar-refractivity contribution in [2.45, 2.75) is 44.1 Å². The molecule has 0 radical (unpaired) electrons. The van der Waals surface area contributed by atoms with Gasteiger partial charge in [0.15, 0.2) is 0 Å². The molecule has 3 rings (SSSR count). The van der Waals surface area contributed by atoms with Gasteiger partial charge in [-0.15, -0.1) is 0 Å². The van der Waals surface area contributed by atoms with Crippen LogP contribution in [0, 0.1) is 0 Å². The van der Waals surface area contributed by atoms with Crippen LogP contribution in [0.15, 0.2) is 16.6 Å². The van der Waals surface area contributed by atoms with Crippen molar-refractivity contribution in [1.29, 1.82) is 0 Å². The minimum atomic E-state index is -0.0137. The van der Waals surface area contributed by atoms with E-state index in [0.29, 0.717) is 0 Å². The summed E-state index contributed by atoms with van der Waals surface area (Å²) in [5, 5.41) is 0. The Kier molecular flexibility index (Phi) is 2.18.